The van der Waals surface area contributed by atoms with Crippen LogP contribution >= 0.6 is 0 Å². The minimum Gasteiger partial charge on any atom is -0.389 e. The fraction of sp³-hybridized carbons (Fsp3) is 1.00. The van der Waals surface area contributed by atoms with Gasteiger partial charge in [-0.15, -0.1) is 0 Å². The Morgan fingerprint density at radius 3 is 2.36 bits per heavy atom. The SMILES string of the molecule is CC(CN)C(C)(O)C1(C)CC1. The van der Waals surface area contributed by atoms with Crippen molar-refractivity contribution in [3.8, 4) is 0 Å². The summed E-state index contributed by atoms with van der Waals surface area (Å²) in [4.78, 5) is 0. The molecule has 2 heteroatoms. The summed E-state index contributed by atoms with van der Waals surface area (Å²) >= 11 is 0. The standard InChI is InChI=1S/C9H19NO/c1-7(6-10)9(3,11)8(2)4-5-8/h7,11H,4-6,10H2,1-3H3. The highest BCUT2D eigenvalue weighted by Gasteiger charge is 2.54. The van der Waals surface area contributed by atoms with Crippen LogP contribution in [-0.4, -0.2) is 17.3 Å². The average molecular weight is 157 g/mol. The van der Waals surface area contributed by atoms with E-state index < -0.39 is 5.60 Å². The quantitative estimate of drug-likeness (QED) is 0.645. The highest BCUT2D eigenvalue weighted by atomic mass is 16.3. The van der Waals surface area contributed by atoms with Gasteiger partial charge in [-0.2, -0.15) is 0 Å². The summed E-state index contributed by atoms with van der Waals surface area (Å²) in [6, 6.07) is 0. The van der Waals surface area contributed by atoms with Crippen LogP contribution in [0.1, 0.15) is 33.6 Å². The Kier molecular flexibility index (Phi) is 2.01. The molecule has 0 spiro atoms. The average Bonchev–Trinajstić information content (AvgIpc) is 2.67. The molecule has 0 saturated heterocycles. The van der Waals surface area contributed by atoms with Crippen molar-refractivity contribution in [2.75, 3.05) is 6.54 Å². The molecule has 1 saturated carbocycles. The molecule has 1 fully saturated rings. The van der Waals surface area contributed by atoms with E-state index in [0.29, 0.717) is 6.54 Å². The van der Waals surface area contributed by atoms with Gasteiger partial charge in [0.15, 0.2) is 0 Å². The Balaban J connectivity index is 2.65. The molecule has 1 rings (SSSR count). The lowest BCUT2D eigenvalue weighted by atomic mass is 9.78. The molecule has 2 nitrogen and oxygen atoms in total. The molecule has 66 valence electrons. The number of hydrogen-bond donors (Lipinski definition) is 2. The van der Waals surface area contributed by atoms with Gasteiger partial charge >= 0.3 is 0 Å². The summed E-state index contributed by atoms with van der Waals surface area (Å²) in [5.41, 5.74) is 5.10. The predicted octanol–water partition coefficient (Wildman–Crippen LogP) is 1.13. The van der Waals surface area contributed by atoms with Gasteiger partial charge in [-0.05, 0) is 37.6 Å². The first-order valence-corrected chi connectivity index (χ1v) is 4.36. The van der Waals surface area contributed by atoms with Gasteiger partial charge in [-0.3, -0.25) is 0 Å². The molecule has 0 radical (unpaired) electrons. The van der Waals surface area contributed by atoms with E-state index in [1.54, 1.807) is 0 Å². The second-order valence-electron chi connectivity index (χ2n) is 4.34. The Bertz CT molecular complexity index is 150. The third kappa shape index (κ3) is 1.30. The van der Waals surface area contributed by atoms with E-state index in [2.05, 4.69) is 6.92 Å². The van der Waals surface area contributed by atoms with Gasteiger partial charge in [0, 0.05) is 0 Å². The maximum absolute atomic E-state index is 10.1. The van der Waals surface area contributed by atoms with Crippen molar-refractivity contribution >= 4 is 0 Å². The van der Waals surface area contributed by atoms with Crippen molar-refractivity contribution in [2.24, 2.45) is 17.1 Å². The van der Waals surface area contributed by atoms with Gasteiger partial charge in [0.1, 0.15) is 0 Å². The fourth-order valence-corrected chi connectivity index (χ4v) is 1.52. The number of hydrogen-bond acceptors (Lipinski definition) is 2. The molecule has 2 atom stereocenters. The maximum atomic E-state index is 10.1. The normalized spacial score (nSPS) is 29.2. The van der Waals surface area contributed by atoms with Crippen LogP contribution in [0.5, 0.6) is 0 Å². The van der Waals surface area contributed by atoms with Gasteiger partial charge < -0.3 is 10.8 Å². The first kappa shape index (κ1) is 9.01. The van der Waals surface area contributed by atoms with E-state index in [1.165, 1.54) is 0 Å². The molecule has 0 heterocycles. The Hall–Kier alpha value is -0.0800. The number of aliphatic hydroxyl groups is 1. The molecular weight excluding hydrogens is 138 g/mol. The third-order valence-corrected chi connectivity index (χ3v) is 3.54. The molecule has 0 bridgehead atoms. The minimum atomic E-state index is -0.568. The summed E-state index contributed by atoms with van der Waals surface area (Å²) in [6.07, 6.45) is 2.29. The zero-order chi connectivity index (χ0) is 8.70. The lowest BCUT2D eigenvalue weighted by molar-refractivity contribution is -0.0512. The molecule has 2 unspecified atom stereocenters. The van der Waals surface area contributed by atoms with Gasteiger partial charge in [0.05, 0.1) is 5.60 Å². The van der Waals surface area contributed by atoms with Gasteiger partial charge in [-0.1, -0.05) is 13.8 Å². The zero-order valence-electron chi connectivity index (χ0n) is 7.72. The largest absolute Gasteiger partial charge is 0.389 e. The Morgan fingerprint density at radius 1 is 1.64 bits per heavy atom. The number of nitrogens with two attached hydrogens (primary N) is 1. The highest BCUT2D eigenvalue weighted by molar-refractivity contribution is 5.05. The van der Waals surface area contributed by atoms with Crippen LogP contribution in [0.2, 0.25) is 0 Å². The van der Waals surface area contributed by atoms with Crippen LogP contribution in [0.3, 0.4) is 0 Å². The maximum Gasteiger partial charge on any atom is 0.0710 e. The van der Waals surface area contributed by atoms with Gasteiger partial charge in [-0.25, -0.2) is 0 Å². The van der Waals surface area contributed by atoms with E-state index in [1.807, 2.05) is 13.8 Å². The summed E-state index contributed by atoms with van der Waals surface area (Å²) in [7, 11) is 0. The van der Waals surface area contributed by atoms with Gasteiger partial charge in [0.2, 0.25) is 0 Å². The molecule has 11 heavy (non-hydrogen) atoms. The molecule has 0 aromatic carbocycles. The molecular formula is C9H19NO. The van der Waals surface area contributed by atoms with Crippen molar-refractivity contribution in [3.63, 3.8) is 0 Å². The Morgan fingerprint density at radius 2 is 2.09 bits per heavy atom. The van der Waals surface area contributed by atoms with Crippen molar-refractivity contribution in [2.45, 2.75) is 39.2 Å². The molecule has 1 aliphatic carbocycles. The fourth-order valence-electron chi connectivity index (χ4n) is 1.52. The zero-order valence-corrected chi connectivity index (χ0v) is 7.72. The Labute approximate surface area is 68.8 Å². The van der Waals surface area contributed by atoms with Crippen molar-refractivity contribution < 1.29 is 5.11 Å². The third-order valence-electron chi connectivity index (χ3n) is 3.54. The molecule has 0 aromatic heterocycles. The smallest absolute Gasteiger partial charge is 0.0710 e. The topological polar surface area (TPSA) is 46.2 Å². The van der Waals surface area contributed by atoms with Crippen LogP contribution in [-0.2, 0) is 0 Å². The summed E-state index contributed by atoms with van der Waals surface area (Å²) < 4.78 is 0. The van der Waals surface area contributed by atoms with Gasteiger partial charge in [0.25, 0.3) is 0 Å². The number of rotatable bonds is 3. The second-order valence-corrected chi connectivity index (χ2v) is 4.34. The second kappa shape index (κ2) is 2.46. The van der Waals surface area contributed by atoms with Crippen molar-refractivity contribution in [1.82, 2.24) is 0 Å². The van der Waals surface area contributed by atoms with E-state index in [0.717, 1.165) is 12.8 Å². The summed E-state index contributed by atoms with van der Waals surface area (Å²) in [6.45, 7) is 6.64. The van der Waals surface area contributed by atoms with Crippen LogP contribution < -0.4 is 5.73 Å². The predicted molar refractivity (Wildman–Crippen MR) is 46.2 cm³/mol. The van der Waals surface area contributed by atoms with Crippen LogP contribution in [0, 0.1) is 11.3 Å². The first-order chi connectivity index (χ1) is 4.94. The lowest BCUT2D eigenvalue weighted by Gasteiger charge is -2.35. The molecule has 1 aliphatic rings. The van der Waals surface area contributed by atoms with E-state index in [4.69, 9.17) is 5.73 Å². The minimum absolute atomic E-state index is 0.145. The monoisotopic (exact) mass is 157 g/mol. The molecule has 0 aliphatic heterocycles. The van der Waals surface area contributed by atoms with Crippen LogP contribution in [0.4, 0.5) is 0 Å². The van der Waals surface area contributed by atoms with E-state index in [-0.39, 0.29) is 11.3 Å². The van der Waals surface area contributed by atoms with Crippen LogP contribution in [0.15, 0.2) is 0 Å². The first-order valence-electron chi connectivity index (χ1n) is 4.36. The van der Waals surface area contributed by atoms with Crippen molar-refractivity contribution in [3.05, 3.63) is 0 Å². The lowest BCUT2D eigenvalue weighted by Crippen LogP contribution is -2.44. The summed E-state index contributed by atoms with van der Waals surface area (Å²) in [5.74, 6) is 0.204. The molecule has 0 aromatic rings. The molecule has 0 amide bonds. The highest BCUT2D eigenvalue weighted by Crippen LogP contribution is 2.55. The summed E-state index contributed by atoms with van der Waals surface area (Å²) in [5, 5.41) is 10.1. The van der Waals surface area contributed by atoms with E-state index in [9.17, 15) is 5.11 Å². The molecule has 3 N–H and O–H groups in total. The van der Waals surface area contributed by atoms with Crippen molar-refractivity contribution in [1.29, 1.82) is 0 Å². The van der Waals surface area contributed by atoms with Crippen LogP contribution in [0.25, 0.3) is 0 Å². The van der Waals surface area contributed by atoms with E-state index >= 15 is 0 Å².